The van der Waals surface area contributed by atoms with Crippen molar-refractivity contribution in [3.05, 3.63) is 63.9 Å². The standard InChI is InChI=1S/C19H19N3O2S/c1-11-8-12(2)10-14(9-11)22-18(24)15-6-4-5-7-16(15)21-19(22)25-13(3)17(20)23/h4-10,13H,1-3H3,(H2,20,23). The van der Waals surface area contributed by atoms with Gasteiger partial charge in [0.1, 0.15) is 0 Å². The largest absolute Gasteiger partial charge is 0.369 e. The molecule has 3 aromatic rings. The highest BCUT2D eigenvalue weighted by Crippen LogP contribution is 2.25. The Morgan fingerprint density at radius 1 is 1.16 bits per heavy atom. The van der Waals surface area contributed by atoms with E-state index in [1.165, 1.54) is 11.8 Å². The van der Waals surface area contributed by atoms with Gasteiger partial charge in [-0.3, -0.25) is 14.2 Å². The molecule has 1 atom stereocenters. The number of nitrogens with two attached hydrogens (primary N) is 1. The first-order chi connectivity index (χ1) is 11.9. The zero-order valence-corrected chi connectivity index (χ0v) is 15.1. The molecule has 0 spiro atoms. The Bertz CT molecular complexity index is 1010. The Kier molecular flexibility index (Phi) is 4.63. The van der Waals surface area contributed by atoms with Crippen LogP contribution in [-0.4, -0.2) is 20.7 Å². The fraction of sp³-hybridized carbons (Fsp3) is 0.211. The van der Waals surface area contributed by atoms with Crippen molar-refractivity contribution in [3.8, 4) is 5.69 Å². The summed E-state index contributed by atoms with van der Waals surface area (Å²) in [5.74, 6) is -0.445. The van der Waals surface area contributed by atoms with E-state index in [1.807, 2.05) is 44.2 Å². The molecule has 1 heterocycles. The summed E-state index contributed by atoms with van der Waals surface area (Å²) in [6.07, 6.45) is 0. The summed E-state index contributed by atoms with van der Waals surface area (Å²) in [6, 6.07) is 13.1. The van der Waals surface area contributed by atoms with Crippen molar-refractivity contribution < 1.29 is 4.79 Å². The van der Waals surface area contributed by atoms with Gasteiger partial charge in [0, 0.05) is 0 Å². The fourth-order valence-electron chi connectivity index (χ4n) is 2.72. The number of carbonyl (C=O) groups excluding carboxylic acids is 1. The van der Waals surface area contributed by atoms with Crippen molar-refractivity contribution in [2.24, 2.45) is 5.73 Å². The molecule has 1 amide bonds. The van der Waals surface area contributed by atoms with Gasteiger partial charge in [-0.05, 0) is 56.2 Å². The summed E-state index contributed by atoms with van der Waals surface area (Å²) in [6.45, 7) is 5.67. The maximum absolute atomic E-state index is 13.1. The number of thioether (sulfide) groups is 1. The van der Waals surface area contributed by atoms with Crippen LogP contribution < -0.4 is 11.3 Å². The van der Waals surface area contributed by atoms with Crippen LogP contribution in [0.15, 0.2) is 52.4 Å². The Hall–Kier alpha value is -2.60. The molecule has 6 heteroatoms. The van der Waals surface area contributed by atoms with Gasteiger partial charge in [0.15, 0.2) is 5.16 Å². The van der Waals surface area contributed by atoms with Gasteiger partial charge in [-0.15, -0.1) is 0 Å². The molecule has 128 valence electrons. The highest BCUT2D eigenvalue weighted by molar-refractivity contribution is 8.00. The number of rotatable bonds is 4. The number of aryl methyl sites for hydroxylation is 2. The molecule has 1 unspecified atom stereocenters. The molecule has 0 saturated carbocycles. The number of benzene rings is 2. The van der Waals surface area contributed by atoms with Gasteiger partial charge in [-0.1, -0.05) is 30.0 Å². The van der Waals surface area contributed by atoms with Crippen LogP contribution in [0.3, 0.4) is 0 Å². The fourth-order valence-corrected chi connectivity index (χ4v) is 3.59. The molecular weight excluding hydrogens is 334 g/mol. The highest BCUT2D eigenvalue weighted by atomic mass is 32.2. The topological polar surface area (TPSA) is 78.0 Å². The first-order valence-corrected chi connectivity index (χ1v) is 8.81. The number of amides is 1. The predicted octanol–water partition coefficient (Wildman–Crippen LogP) is 2.97. The molecule has 5 nitrogen and oxygen atoms in total. The van der Waals surface area contributed by atoms with E-state index in [0.717, 1.165) is 16.8 Å². The van der Waals surface area contributed by atoms with Crippen LogP contribution in [-0.2, 0) is 4.79 Å². The number of primary amides is 1. The number of nitrogens with zero attached hydrogens (tertiary/aromatic N) is 2. The smallest absolute Gasteiger partial charge is 0.266 e. The van der Waals surface area contributed by atoms with E-state index in [1.54, 1.807) is 23.6 Å². The summed E-state index contributed by atoms with van der Waals surface area (Å²) < 4.78 is 1.56. The molecule has 2 N–H and O–H groups in total. The van der Waals surface area contributed by atoms with E-state index in [9.17, 15) is 9.59 Å². The highest BCUT2D eigenvalue weighted by Gasteiger charge is 2.18. The molecular formula is C19H19N3O2S. The van der Waals surface area contributed by atoms with Gasteiger partial charge < -0.3 is 5.73 Å². The molecule has 0 saturated heterocycles. The molecule has 0 fully saturated rings. The zero-order chi connectivity index (χ0) is 18.1. The summed E-state index contributed by atoms with van der Waals surface area (Å²) in [5.41, 5.74) is 8.68. The van der Waals surface area contributed by atoms with Gasteiger partial charge in [0.05, 0.1) is 21.8 Å². The van der Waals surface area contributed by atoms with Crippen LogP contribution >= 0.6 is 11.8 Å². The maximum Gasteiger partial charge on any atom is 0.266 e. The lowest BCUT2D eigenvalue weighted by Gasteiger charge is -2.16. The molecule has 3 rings (SSSR count). The minimum Gasteiger partial charge on any atom is -0.369 e. The van der Waals surface area contributed by atoms with Crippen LogP contribution in [0.5, 0.6) is 0 Å². The number of hydrogen-bond acceptors (Lipinski definition) is 4. The van der Waals surface area contributed by atoms with Crippen LogP contribution in [0.1, 0.15) is 18.1 Å². The van der Waals surface area contributed by atoms with Gasteiger partial charge in [0.2, 0.25) is 5.91 Å². The van der Waals surface area contributed by atoms with E-state index in [0.29, 0.717) is 16.1 Å². The Morgan fingerprint density at radius 2 is 1.80 bits per heavy atom. The third-order valence-electron chi connectivity index (χ3n) is 3.89. The van der Waals surface area contributed by atoms with Gasteiger partial charge >= 0.3 is 0 Å². The van der Waals surface area contributed by atoms with Crippen molar-refractivity contribution in [1.29, 1.82) is 0 Å². The Labute approximate surface area is 149 Å². The Morgan fingerprint density at radius 3 is 2.44 bits per heavy atom. The van der Waals surface area contributed by atoms with E-state index in [-0.39, 0.29) is 5.56 Å². The average molecular weight is 353 g/mol. The normalized spacial score (nSPS) is 12.3. The van der Waals surface area contributed by atoms with Crippen LogP contribution in [0.4, 0.5) is 0 Å². The van der Waals surface area contributed by atoms with E-state index < -0.39 is 11.2 Å². The molecule has 0 aliphatic rings. The second kappa shape index (κ2) is 6.72. The Balaban J connectivity index is 2.32. The maximum atomic E-state index is 13.1. The average Bonchev–Trinajstić information content (AvgIpc) is 2.54. The first-order valence-electron chi connectivity index (χ1n) is 7.93. The third kappa shape index (κ3) is 3.44. The molecule has 2 aromatic carbocycles. The lowest BCUT2D eigenvalue weighted by Crippen LogP contribution is -2.26. The summed E-state index contributed by atoms with van der Waals surface area (Å²) in [4.78, 5) is 29.2. The van der Waals surface area contributed by atoms with Crippen molar-refractivity contribution in [2.75, 3.05) is 0 Å². The van der Waals surface area contributed by atoms with Crippen molar-refractivity contribution in [3.63, 3.8) is 0 Å². The zero-order valence-electron chi connectivity index (χ0n) is 14.3. The SMILES string of the molecule is Cc1cc(C)cc(-n2c(SC(C)C(N)=O)nc3ccccc3c2=O)c1. The molecule has 1 aromatic heterocycles. The number of hydrogen-bond donors (Lipinski definition) is 1. The molecule has 0 aliphatic heterocycles. The third-order valence-corrected chi connectivity index (χ3v) is 4.96. The molecule has 25 heavy (non-hydrogen) atoms. The van der Waals surface area contributed by atoms with Gasteiger partial charge in [-0.2, -0.15) is 0 Å². The van der Waals surface area contributed by atoms with E-state index in [2.05, 4.69) is 4.98 Å². The van der Waals surface area contributed by atoms with Crippen molar-refractivity contribution in [1.82, 2.24) is 9.55 Å². The minimum atomic E-state index is -0.495. The first kappa shape index (κ1) is 17.2. The number of aromatic nitrogens is 2. The summed E-state index contributed by atoms with van der Waals surface area (Å²) in [7, 11) is 0. The lowest BCUT2D eigenvalue weighted by atomic mass is 10.1. The van der Waals surface area contributed by atoms with E-state index in [4.69, 9.17) is 5.73 Å². The predicted molar refractivity (Wildman–Crippen MR) is 101 cm³/mol. The second-order valence-corrected chi connectivity index (χ2v) is 7.37. The summed E-state index contributed by atoms with van der Waals surface area (Å²) >= 11 is 1.19. The van der Waals surface area contributed by atoms with Crippen LogP contribution in [0, 0.1) is 13.8 Å². The van der Waals surface area contributed by atoms with Gasteiger partial charge in [-0.25, -0.2) is 4.98 Å². The summed E-state index contributed by atoms with van der Waals surface area (Å²) in [5, 5.41) is 0.503. The van der Waals surface area contributed by atoms with Crippen LogP contribution in [0.2, 0.25) is 0 Å². The minimum absolute atomic E-state index is 0.158. The van der Waals surface area contributed by atoms with Gasteiger partial charge in [0.25, 0.3) is 5.56 Å². The monoisotopic (exact) mass is 353 g/mol. The van der Waals surface area contributed by atoms with E-state index >= 15 is 0 Å². The number of para-hydroxylation sites is 1. The molecule has 0 aliphatic carbocycles. The van der Waals surface area contributed by atoms with Crippen LogP contribution in [0.25, 0.3) is 16.6 Å². The van der Waals surface area contributed by atoms with Crippen molar-refractivity contribution in [2.45, 2.75) is 31.2 Å². The number of fused-ring (bicyclic) bond motifs is 1. The second-order valence-electron chi connectivity index (χ2n) is 6.06. The lowest BCUT2D eigenvalue weighted by molar-refractivity contribution is -0.117. The quantitative estimate of drug-likeness (QED) is 0.578. The number of carbonyl (C=O) groups is 1. The molecule has 0 bridgehead atoms. The molecule has 0 radical (unpaired) electrons. The van der Waals surface area contributed by atoms with Crippen molar-refractivity contribution >= 4 is 28.6 Å².